The third-order valence-corrected chi connectivity index (χ3v) is 3.76. The SMILES string of the molecule is CC.COCOc1ccc(/C=C/C2(C)C=C(C)C(=O)CC2)cc1. The monoisotopic (exact) mass is 316 g/mol. The van der Waals surface area contributed by atoms with E-state index in [1.54, 1.807) is 7.11 Å². The van der Waals surface area contributed by atoms with Crippen molar-refractivity contribution in [2.45, 2.75) is 40.5 Å². The molecule has 0 radical (unpaired) electrons. The molecule has 126 valence electrons. The van der Waals surface area contributed by atoms with E-state index in [1.165, 1.54) is 0 Å². The van der Waals surface area contributed by atoms with E-state index in [0.717, 1.165) is 23.3 Å². The normalized spacial score (nSPS) is 20.7. The Morgan fingerprint density at radius 2 is 1.87 bits per heavy atom. The van der Waals surface area contributed by atoms with E-state index in [4.69, 9.17) is 9.47 Å². The van der Waals surface area contributed by atoms with Gasteiger partial charge in [-0.1, -0.05) is 51.1 Å². The van der Waals surface area contributed by atoms with Crippen LogP contribution in [-0.4, -0.2) is 19.7 Å². The van der Waals surface area contributed by atoms with E-state index in [0.29, 0.717) is 6.42 Å². The van der Waals surface area contributed by atoms with Crippen LogP contribution in [-0.2, 0) is 9.53 Å². The van der Waals surface area contributed by atoms with Gasteiger partial charge < -0.3 is 9.47 Å². The smallest absolute Gasteiger partial charge is 0.188 e. The van der Waals surface area contributed by atoms with Crippen molar-refractivity contribution in [1.29, 1.82) is 0 Å². The molecule has 0 fully saturated rings. The van der Waals surface area contributed by atoms with E-state index in [2.05, 4.69) is 25.2 Å². The Hall–Kier alpha value is -1.87. The summed E-state index contributed by atoms with van der Waals surface area (Å²) in [6.07, 6.45) is 7.85. The second-order valence-corrected chi connectivity index (χ2v) is 5.71. The quantitative estimate of drug-likeness (QED) is 0.715. The molecule has 0 heterocycles. The van der Waals surface area contributed by atoms with Crippen molar-refractivity contribution in [2.24, 2.45) is 5.41 Å². The summed E-state index contributed by atoms with van der Waals surface area (Å²) in [5.41, 5.74) is 1.95. The molecule has 1 atom stereocenters. The average molecular weight is 316 g/mol. The molecule has 1 aromatic rings. The lowest BCUT2D eigenvalue weighted by atomic mass is 9.77. The fourth-order valence-corrected chi connectivity index (χ4v) is 2.45. The number of ether oxygens (including phenoxy) is 2. The number of hydrogen-bond donors (Lipinski definition) is 0. The zero-order valence-electron chi connectivity index (χ0n) is 14.9. The maximum atomic E-state index is 11.6. The second-order valence-electron chi connectivity index (χ2n) is 5.71. The highest BCUT2D eigenvalue weighted by Crippen LogP contribution is 2.34. The molecule has 2 rings (SSSR count). The first-order chi connectivity index (χ1) is 11.0. The van der Waals surface area contributed by atoms with Crippen molar-refractivity contribution < 1.29 is 14.3 Å². The minimum Gasteiger partial charge on any atom is -0.468 e. The largest absolute Gasteiger partial charge is 0.468 e. The Morgan fingerprint density at radius 3 is 2.43 bits per heavy atom. The van der Waals surface area contributed by atoms with Gasteiger partial charge in [0.2, 0.25) is 0 Å². The van der Waals surface area contributed by atoms with E-state index >= 15 is 0 Å². The van der Waals surface area contributed by atoms with E-state index < -0.39 is 0 Å². The average Bonchev–Trinajstić information content (AvgIpc) is 2.58. The molecular weight excluding hydrogens is 288 g/mol. The summed E-state index contributed by atoms with van der Waals surface area (Å²) in [7, 11) is 1.60. The lowest BCUT2D eigenvalue weighted by Gasteiger charge is -2.26. The number of methoxy groups -OCH3 is 1. The van der Waals surface area contributed by atoms with Crippen molar-refractivity contribution in [3.05, 3.63) is 47.6 Å². The first-order valence-electron chi connectivity index (χ1n) is 8.16. The number of hydrogen-bond acceptors (Lipinski definition) is 3. The summed E-state index contributed by atoms with van der Waals surface area (Å²) in [4.78, 5) is 11.6. The first-order valence-corrected chi connectivity index (χ1v) is 8.16. The van der Waals surface area contributed by atoms with Crippen LogP contribution in [0.4, 0.5) is 0 Å². The van der Waals surface area contributed by atoms with Gasteiger partial charge in [0.1, 0.15) is 5.75 Å². The maximum absolute atomic E-state index is 11.6. The molecule has 0 bridgehead atoms. The Labute approximate surface area is 140 Å². The van der Waals surface area contributed by atoms with Crippen LogP contribution in [0.2, 0.25) is 0 Å². The molecule has 0 amide bonds. The molecule has 0 N–H and O–H groups in total. The van der Waals surface area contributed by atoms with Crippen molar-refractivity contribution in [3.63, 3.8) is 0 Å². The van der Waals surface area contributed by atoms with Gasteiger partial charge in [0, 0.05) is 18.9 Å². The summed E-state index contributed by atoms with van der Waals surface area (Å²) in [5.74, 6) is 1.06. The molecule has 1 aliphatic carbocycles. The summed E-state index contributed by atoms with van der Waals surface area (Å²) in [6.45, 7) is 8.32. The number of Topliss-reactive ketones (excluding diaryl/α,β-unsaturated/α-hetero) is 1. The topological polar surface area (TPSA) is 35.5 Å². The fraction of sp³-hybridized carbons (Fsp3) is 0.450. The van der Waals surface area contributed by atoms with E-state index in [-0.39, 0.29) is 18.0 Å². The van der Waals surface area contributed by atoms with Crippen LogP contribution in [0.15, 0.2) is 42.0 Å². The third kappa shape index (κ3) is 6.03. The highest BCUT2D eigenvalue weighted by atomic mass is 16.7. The summed E-state index contributed by atoms with van der Waals surface area (Å²) >= 11 is 0. The standard InChI is InChI=1S/C18H22O3.C2H6/c1-14-12-18(2,11-9-17(14)19)10-8-15-4-6-16(7-5-15)21-13-20-3;1-2/h4-8,10,12H,9,11,13H2,1-3H3;1-2H3/b10-8+;. The zero-order valence-corrected chi connectivity index (χ0v) is 14.9. The summed E-state index contributed by atoms with van der Waals surface area (Å²) < 4.78 is 10.2. The van der Waals surface area contributed by atoms with Gasteiger partial charge in [0.25, 0.3) is 0 Å². The Bertz CT molecular complexity index is 555. The highest BCUT2D eigenvalue weighted by molar-refractivity contribution is 5.95. The molecule has 0 saturated carbocycles. The van der Waals surface area contributed by atoms with Gasteiger partial charge >= 0.3 is 0 Å². The molecular formula is C20H28O3. The number of carbonyl (C=O) groups is 1. The predicted octanol–water partition coefficient (Wildman–Crippen LogP) is 5.02. The molecule has 1 aromatic carbocycles. The Balaban J connectivity index is 0.00000127. The molecule has 0 spiro atoms. The van der Waals surface area contributed by atoms with Crippen LogP contribution in [0.3, 0.4) is 0 Å². The number of ketones is 1. The minimum absolute atomic E-state index is 0.0385. The van der Waals surface area contributed by atoms with Crippen LogP contribution < -0.4 is 4.74 Å². The molecule has 0 saturated heterocycles. The van der Waals surface area contributed by atoms with Gasteiger partial charge in [-0.3, -0.25) is 4.79 Å². The fourth-order valence-electron chi connectivity index (χ4n) is 2.45. The van der Waals surface area contributed by atoms with E-state index in [9.17, 15) is 4.79 Å². The molecule has 0 aliphatic heterocycles. The van der Waals surface area contributed by atoms with Gasteiger partial charge in [-0.15, -0.1) is 0 Å². The lowest BCUT2D eigenvalue weighted by molar-refractivity contribution is -0.116. The third-order valence-electron chi connectivity index (χ3n) is 3.76. The van der Waals surface area contributed by atoms with Crippen LogP contribution in [0, 0.1) is 5.41 Å². The van der Waals surface area contributed by atoms with Gasteiger partial charge in [-0.2, -0.15) is 0 Å². The number of carbonyl (C=O) groups excluding carboxylic acids is 1. The molecule has 3 heteroatoms. The van der Waals surface area contributed by atoms with Gasteiger partial charge in [-0.25, -0.2) is 0 Å². The van der Waals surface area contributed by atoms with Crippen molar-refractivity contribution >= 4 is 11.9 Å². The summed E-state index contributed by atoms with van der Waals surface area (Å²) in [6, 6.07) is 7.86. The van der Waals surface area contributed by atoms with Gasteiger partial charge in [0.05, 0.1) is 0 Å². The van der Waals surface area contributed by atoms with Crippen LogP contribution >= 0.6 is 0 Å². The number of allylic oxidation sites excluding steroid dienone is 3. The molecule has 0 aromatic heterocycles. The number of benzene rings is 1. The maximum Gasteiger partial charge on any atom is 0.188 e. The van der Waals surface area contributed by atoms with Crippen LogP contribution in [0.5, 0.6) is 5.75 Å². The van der Waals surface area contributed by atoms with E-state index in [1.807, 2.05) is 45.0 Å². The van der Waals surface area contributed by atoms with Gasteiger partial charge in [-0.05, 0) is 36.6 Å². The Morgan fingerprint density at radius 1 is 1.22 bits per heavy atom. The molecule has 1 unspecified atom stereocenters. The minimum atomic E-state index is -0.0385. The van der Waals surface area contributed by atoms with Crippen LogP contribution in [0.25, 0.3) is 6.08 Å². The molecule has 1 aliphatic rings. The first kappa shape index (κ1) is 19.2. The summed E-state index contributed by atoms with van der Waals surface area (Å²) in [5, 5.41) is 0. The van der Waals surface area contributed by atoms with Gasteiger partial charge in [0.15, 0.2) is 12.6 Å². The van der Waals surface area contributed by atoms with Crippen molar-refractivity contribution in [3.8, 4) is 5.75 Å². The van der Waals surface area contributed by atoms with Crippen LogP contribution in [0.1, 0.15) is 46.1 Å². The molecule has 3 nitrogen and oxygen atoms in total. The predicted molar refractivity (Wildman–Crippen MR) is 95.4 cm³/mol. The van der Waals surface area contributed by atoms with Crippen molar-refractivity contribution in [2.75, 3.05) is 13.9 Å². The Kier molecular flexibility index (Phi) is 7.76. The lowest BCUT2D eigenvalue weighted by Crippen LogP contribution is -2.19. The number of rotatable bonds is 5. The highest BCUT2D eigenvalue weighted by Gasteiger charge is 2.25. The molecule has 23 heavy (non-hydrogen) atoms. The zero-order chi connectivity index (χ0) is 17.3. The van der Waals surface area contributed by atoms with Crippen molar-refractivity contribution in [1.82, 2.24) is 0 Å². The second kappa shape index (κ2) is 9.31.